The largest absolute Gasteiger partial charge is 0.438 e. The molecule has 2 unspecified atom stereocenters. The number of halogens is 2. The van der Waals surface area contributed by atoms with E-state index in [4.69, 9.17) is 16.3 Å². The predicted molar refractivity (Wildman–Crippen MR) is 98.7 cm³/mol. The third kappa shape index (κ3) is 3.51. The average Bonchev–Trinajstić information content (AvgIpc) is 2.93. The van der Waals surface area contributed by atoms with Crippen molar-refractivity contribution in [2.75, 3.05) is 0 Å². The lowest BCUT2D eigenvalue weighted by Gasteiger charge is -2.29. The quantitative estimate of drug-likeness (QED) is 0.276. The van der Waals surface area contributed by atoms with Crippen LogP contribution >= 0.6 is 11.6 Å². The molecule has 2 aromatic rings. The van der Waals surface area contributed by atoms with Gasteiger partial charge >= 0.3 is 0 Å². The van der Waals surface area contributed by atoms with Gasteiger partial charge in [-0.3, -0.25) is 0 Å². The van der Waals surface area contributed by atoms with Gasteiger partial charge in [0.25, 0.3) is 0 Å². The normalized spacial score (nSPS) is 19.9. The van der Waals surface area contributed by atoms with E-state index in [0.717, 1.165) is 5.69 Å². The third-order valence-corrected chi connectivity index (χ3v) is 4.52. The molecule has 1 aliphatic heterocycles. The Morgan fingerprint density at radius 1 is 1.23 bits per heavy atom. The number of hydrogen-bond donors (Lipinski definition) is 1. The summed E-state index contributed by atoms with van der Waals surface area (Å²) >= 11 is 5.83. The van der Waals surface area contributed by atoms with Gasteiger partial charge in [0.1, 0.15) is 11.6 Å². The third-order valence-electron chi connectivity index (χ3n) is 4.23. The van der Waals surface area contributed by atoms with Crippen LogP contribution in [-0.4, -0.2) is 33.0 Å². The Hall–Kier alpha value is -2.60. The number of nitrogens with zero attached hydrogens (tertiary/aromatic N) is 3. The molecule has 0 amide bonds. The highest BCUT2D eigenvalue weighted by molar-refractivity contribution is 6.30. The standard InChI is InChI=1S/C19H19ClFN3O2/c1-11-4-8-15(18(23-25)24-12(2)5-6-13(24)3)19(22-11)26-14-7-9-17(21)16(20)10-14/h4-10,12-13,25H,1-3H3/b23-18-. The monoisotopic (exact) mass is 375 g/mol. The predicted octanol–water partition coefficient (Wildman–Crippen LogP) is 4.76. The first-order valence-electron chi connectivity index (χ1n) is 8.20. The second-order valence-corrected chi connectivity index (χ2v) is 6.59. The number of aryl methyl sites for hydroxylation is 1. The maximum atomic E-state index is 13.4. The highest BCUT2D eigenvalue weighted by Gasteiger charge is 2.29. The summed E-state index contributed by atoms with van der Waals surface area (Å²) in [4.78, 5) is 6.37. The topological polar surface area (TPSA) is 58.0 Å². The molecule has 2 heterocycles. The fourth-order valence-electron chi connectivity index (χ4n) is 2.94. The van der Waals surface area contributed by atoms with Gasteiger partial charge in [0.2, 0.25) is 5.88 Å². The van der Waals surface area contributed by atoms with Crippen molar-refractivity contribution >= 4 is 17.4 Å². The molecule has 5 nitrogen and oxygen atoms in total. The molecule has 0 bridgehead atoms. The van der Waals surface area contributed by atoms with Crippen molar-refractivity contribution < 1.29 is 14.3 Å². The molecule has 3 rings (SSSR count). The van der Waals surface area contributed by atoms with Gasteiger partial charge in [0.05, 0.1) is 10.6 Å². The molecule has 0 radical (unpaired) electrons. The first-order valence-corrected chi connectivity index (χ1v) is 8.58. The number of benzene rings is 1. The van der Waals surface area contributed by atoms with E-state index in [1.54, 1.807) is 6.07 Å². The summed E-state index contributed by atoms with van der Waals surface area (Å²) in [7, 11) is 0. The average molecular weight is 376 g/mol. The molecule has 0 saturated heterocycles. The van der Waals surface area contributed by atoms with Gasteiger partial charge in [-0.2, -0.15) is 0 Å². The molecular weight excluding hydrogens is 357 g/mol. The fourth-order valence-corrected chi connectivity index (χ4v) is 3.11. The molecule has 136 valence electrons. The molecule has 2 atom stereocenters. The van der Waals surface area contributed by atoms with E-state index in [-0.39, 0.29) is 23.0 Å². The van der Waals surface area contributed by atoms with Crippen molar-refractivity contribution in [3.8, 4) is 11.6 Å². The van der Waals surface area contributed by atoms with E-state index < -0.39 is 5.82 Å². The lowest BCUT2D eigenvalue weighted by atomic mass is 10.1. The van der Waals surface area contributed by atoms with Crippen molar-refractivity contribution in [3.63, 3.8) is 0 Å². The molecule has 1 aromatic heterocycles. The van der Waals surface area contributed by atoms with Crippen LogP contribution in [0.5, 0.6) is 11.6 Å². The second-order valence-electron chi connectivity index (χ2n) is 6.18. The number of amidine groups is 1. The summed E-state index contributed by atoms with van der Waals surface area (Å²) in [6.07, 6.45) is 4.08. The van der Waals surface area contributed by atoms with Crippen molar-refractivity contribution in [2.24, 2.45) is 5.16 Å². The van der Waals surface area contributed by atoms with E-state index in [9.17, 15) is 9.60 Å². The van der Waals surface area contributed by atoms with Crippen LogP contribution in [-0.2, 0) is 0 Å². The van der Waals surface area contributed by atoms with E-state index in [1.807, 2.05) is 43.9 Å². The summed E-state index contributed by atoms with van der Waals surface area (Å²) in [5, 5.41) is 13.1. The number of hydrogen-bond acceptors (Lipinski definition) is 4. The zero-order chi connectivity index (χ0) is 18.8. The zero-order valence-electron chi connectivity index (χ0n) is 14.6. The van der Waals surface area contributed by atoms with Crippen molar-refractivity contribution in [3.05, 3.63) is 64.6 Å². The minimum Gasteiger partial charge on any atom is -0.438 e. The van der Waals surface area contributed by atoms with Crippen LogP contribution < -0.4 is 4.74 Å². The van der Waals surface area contributed by atoms with Gasteiger partial charge < -0.3 is 14.8 Å². The molecule has 0 saturated carbocycles. The van der Waals surface area contributed by atoms with Gasteiger partial charge in [-0.05, 0) is 45.0 Å². The van der Waals surface area contributed by atoms with Crippen LogP contribution in [0.4, 0.5) is 4.39 Å². The van der Waals surface area contributed by atoms with Crippen molar-refractivity contribution in [1.82, 2.24) is 9.88 Å². The molecule has 0 spiro atoms. The van der Waals surface area contributed by atoms with Gasteiger partial charge in [-0.25, -0.2) is 9.37 Å². The summed E-state index contributed by atoms with van der Waals surface area (Å²) in [6, 6.07) is 7.79. The van der Waals surface area contributed by atoms with Gasteiger partial charge in [-0.15, -0.1) is 0 Å². The minimum atomic E-state index is -0.528. The van der Waals surface area contributed by atoms with Crippen LogP contribution in [0.2, 0.25) is 5.02 Å². The van der Waals surface area contributed by atoms with E-state index >= 15 is 0 Å². The zero-order valence-corrected chi connectivity index (χ0v) is 15.4. The maximum absolute atomic E-state index is 13.4. The van der Waals surface area contributed by atoms with Gasteiger partial charge in [-0.1, -0.05) is 28.9 Å². The number of aromatic nitrogens is 1. The van der Waals surface area contributed by atoms with Crippen LogP contribution in [0.1, 0.15) is 25.1 Å². The summed E-state index contributed by atoms with van der Waals surface area (Å²) in [5.74, 6) is 0.422. The minimum absolute atomic E-state index is 0.0428. The van der Waals surface area contributed by atoms with Crippen LogP contribution in [0.3, 0.4) is 0 Å². The van der Waals surface area contributed by atoms with Crippen LogP contribution in [0, 0.1) is 12.7 Å². The van der Waals surface area contributed by atoms with Crippen LogP contribution in [0.15, 0.2) is 47.6 Å². The Morgan fingerprint density at radius 3 is 2.54 bits per heavy atom. The SMILES string of the molecule is Cc1ccc(/C(=N/O)N2C(C)C=CC2C)c(Oc2ccc(F)c(Cl)c2)n1. The molecule has 7 heteroatoms. The Morgan fingerprint density at radius 2 is 1.92 bits per heavy atom. The number of ether oxygens (including phenoxy) is 1. The summed E-state index contributed by atoms with van der Waals surface area (Å²) in [5.41, 5.74) is 1.26. The summed E-state index contributed by atoms with van der Waals surface area (Å²) in [6.45, 7) is 5.84. The lowest BCUT2D eigenvalue weighted by Crippen LogP contribution is -2.40. The molecular formula is C19H19ClFN3O2. The van der Waals surface area contributed by atoms with Gasteiger partial charge in [0.15, 0.2) is 5.84 Å². The maximum Gasteiger partial charge on any atom is 0.230 e. The first-order chi connectivity index (χ1) is 12.4. The van der Waals surface area contributed by atoms with E-state index in [1.165, 1.54) is 18.2 Å². The number of oxime groups is 1. The number of pyridine rings is 1. The van der Waals surface area contributed by atoms with Crippen molar-refractivity contribution in [2.45, 2.75) is 32.9 Å². The lowest BCUT2D eigenvalue weighted by molar-refractivity contribution is 0.288. The first kappa shape index (κ1) is 18.2. The smallest absolute Gasteiger partial charge is 0.230 e. The van der Waals surface area contributed by atoms with Crippen molar-refractivity contribution in [1.29, 1.82) is 0 Å². The summed E-state index contributed by atoms with van der Waals surface area (Å²) < 4.78 is 19.2. The van der Waals surface area contributed by atoms with E-state index in [0.29, 0.717) is 17.1 Å². The molecule has 1 aliphatic rings. The highest BCUT2D eigenvalue weighted by Crippen LogP contribution is 2.30. The molecule has 0 aliphatic carbocycles. The fraction of sp³-hybridized carbons (Fsp3) is 0.263. The Balaban J connectivity index is 2.01. The highest BCUT2D eigenvalue weighted by atomic mass is 35.5. The molecule has 26 heavy (non-hydrogen) atoms. The molecule has 0 fully saturated rings. The molecule has 1 aromatic carbocycles. The van der Waals surface area contributed by atoms with Gasteiger partial charge in [0, 0.05) is 23.8 Å². The Bertz CT molecular complexity index is 873. The van der Waals surface area contributed by atoms with Crippen LogP contribution in [0.25, 0.3) is 0 Å². The molecule has 1 N–H and O–H groups in total. The Labute approximate surface area is 156 Å². The van der Waals surface area contributed by atoms with E-state index in [2.05, 4.69) is 10.1 Å². The number of rotatable bonds is 3. The second kappa shape index (κ2) is 7.33. The Kier molecular flexibility index (Phi) is 5.13.